The molecule has 0 bridgehead atoms. The van der Waals surface area contributed by atoms with Crippen LogP contribution in [0.3, 0.4) is 0 Å². The fourth-order valence-corrected chi connectivity index (χ4v) is 2.93. The molecule has 0 spiro atoms. The molecule has 31 heavy (non-hydrogen) atoms. The van der Waals surface area contributed by atoms with Crippen molar-refractivity contribution in [3.63, 3.8) is 0 Å². The van der Waals surface area contributed by atoms with Crippen molar-refractivity contribution in [2.75, 3.05) is 0 Å². The van der Waals surface area contributed by atoms with E-state index in [0.29, 0.717) is 30.5 Å². The van der Waals surface area contributed by atoms with Gasteiger partial charge >= 0.3 is 0 Å². The number of nitrogens with zero attached hydrogens (tertiary/aromatic N) is 2. The number of ether oxygens (including phenoxy) is 3. The summed E-state index contributed by atoms with van der Waals surface area (Å²) in [4.78, 5) is 0. The normalized spacial score (nSPS) is 10.5. The van der Waals surface area contributed by atoms with Crippen LogP contribution < -0.4 is 14.2 Å². The van der Waals surface area contributed by atoms with Gasteiger partial charge in [-0.1, -0.05) is 78.4 Å². The quantitative estimate of drug-likeness (QED) is 0.362. The highest BCUT2D eigenvalue weighted by Crippen LogP contribution is 2.27. The first kappa shape index (κ1) is 20.4. The second-order valence-electron chi connectivity index (χ2n) is 7.16. The van der Waals surface area contributed by atoms with E-state index in [2.05, 4.69) is 10.2 Å². The second kappa shape index (κ2) is 10.3. The molecule has 0 unspecified atom stereocenters. The standard InChI is InChI=1S/C26H24N2O3/c1-20-12-14-24(15-13-20)29-19-23-16-25(30-17-21-8-4-2-5-9-21)26(28-27-23)31-18-22-10-6-3-7-11-22/h2-16H,17-19H2,1H3. The van der Waals surface area contributed by atoms with Crippen LogP contribution in [0.1, 0.15) is 22.4 Å². The molecule has 5 heteroatoms. The second-order valence-corrected chi connectivity index (χ2v) is 7.16. The van der Waals surface area contributed by atoms with Gasteiger partial charge in [0.25, 0.3) is 5.88 Å². The number of aryl methyl sites for hydroxylation is 1. The van der Waals surface area contributed by atoms with Gasteiger partial charge in [0.15, 0.2) is 5.75 Å². The minimum Gasteiger partial charge on any atom is -0.487 e. The van der Waals surface area contributed by atoms with Crippen LogP contribution in [0.15, 0.2) is 91.0 Å². The molecular weight excluding hydrogens is 388 g/mol. The van der Waals surface area contributed by atoms with E-state index in [9.17, 15) is 0 Å². The van der Waals surface area contributed by atoms with Crippen LogP contribution in [0.25, 0.3) is 0 Å². The Morgan fingerprint density at radius 3 is 1.87 bits per heavy atom. The highest BCUT2D eigenvalue weighted by molar-refractivity contribution is 5.34. The number of benzene rings is 3. The Labute approximate surface area is 182 Å². The number of aromatic nitrogens is 2. The summed E-state index contributed by atoms with van der Waals surface area (Å²) >= 11 is 0. The van der Waals surface area contributed by atoms with Gasteiger partial charge in [-0.25, -0.2) is 0 Å². The van der Waals surface area contributed by atoms with Gasteiger partial charge in [0.1, 0.15) is 31.3 Å². The molecular formula is C26H24N2O3. The first-order valence-electron chi connectivity index (χ1n) is 10.2. The minimum absolute atomic E-state index is 0.288. The molecule has 0 N–H and O–H groups in total. The topological polar surface area (TPSA) is 53.5 Å². The van der Waals surface area contributed by atoms with Crippen molar-refractivity contribution in [1.29, 1.82) is 0 Å². The lowest BCUT2D eigenvalue weighted by Gasteiger charge is -2.13. The van der Waals surface area contributed by atoms with Gasteiger partial charge < -0.3 is 14.2 Å². The summed E-state index contributed by atoms with van der Waals surface area (Å²) in [6, 6.07) is 29.6. The van der Waals surface area contributed by atoms with E-state index in [1.807, 2.05) is 97.9 Å². The van der Waals surface area contributed by atoms with Crippen LogP contribution in [-0.2, 0) is 19.8 Å². The van der Waals surface area contributed by atoms with Crippen molar-refractivity contribution >= 4 is 0 Å². The van der Waals surface area contributed by atoms with Gasteiger partial charge in [-0.05, 0) is 30.2 Å². The van der Waals surface area contributed by atoms with E-state index in [-0.39, 0.29) is 6.61 Å². The van der Waals surface area contributed by atoms with Crippen LogP contribution in [0.4, 0.5) is 0 Å². The van der Waals surface area contributed by atoms with E-state index in [1.54, 1.807) is 0 Å². The summed E-state index contributed by atoms with van der Waals surface area (Å²) in [5.74, 6) is 1.68. The summed E-state index contributed by atoms with van der Waals surface area (Å²) in [7, 11) is 0. The Hall–Kier alpha value is -3.86. The Morgan fingerprint density at radius 1 is 0.613 bits per heavy atom. The molecule has 5 nitrogen and oxygen atoms in total. The van der Waals surface area contributed by atoms with Crippen molar-refractivity contribution < 1.29 is 14.2 Å². The predicted octanol–water partition coefficient (Wildman–Crippen LogP) is 5.52. The molecule has 0 fully saturated rings. The molecule has 0 amide bonds. The first-order valence-corrected chi connectivity index (χ1v) is 10.2. The summed E-state index contributed by atoms with van der Waals surface area (Å²) in [6.07, 6.45) is 0. The summed E-state index contributed by atoms with van der Waals surface area (Å²) in [5.41, 5.74) is 3.95. The van der Waals surface area contributed by atoms with Gasteiger partial charge in [-0.2, -0.15) is 0 Å². The van der Waals surface area contributed by atoms with Crippen molar-refractivity contribution in [2.45, 2.75) is 26.7 Å². The zero-order valence-corrected chi connectivity index (χ0v) is 17.4. The highest BCUT2D eigenvalue weighted by Gasteiger charge is 2.12. The highest BCUT2D eigenvalue weighted by atomic mass is 16.5. The molecule has 0 aliphatic heterocycles. The maximum atomic E-state index is 6.04. The van der Waals surface area contributed by atoms with Crippen LogP contribution in [0.5, 0.6) is 17.4 Å². The molecule has 0 aliphatic rings. The lowest BCUT2D eigenvalue weighted by atomic mass is 10.2. The fraction of sp³-hybridized carbons (Fsp3) is 0.154. The molecule has 1 heterocycles. The molecule has 0 aliphatic carbocycles. The molecule has 4 rings (SSSR count). The largest absolute Gasteiger partial charge is 0.487 e. The van der Waals surface area contributed by atoms with Crippen molar-refractivity contribution in [3.05, 3.63) is 113 Å². The van der Waals surface area contributed by atoms with Crippen molar-refractivity contribution in [2.24, 2.45) is 0 Å². The number of hydrogen-bond donors (Lipinski definition) is 0. The fourth-order valence-electron chi connectivity index (χ4n) is 2.93. The van der Waals surface area contributed by atoms with E-state index in [0.717, 1.165) is 16.9 Å². The monoisotopic (exact) mass is 412 g/mol. The lowest BCUT2D eigenvalue weighted by Crippen LogP contribution is -2.06. The molecule has 0 atom stereocenters. The molecule has 1 aromatic heterocycles. The van der Waals surface area contributed by atoms with E-state index in [1.165, 1.54) is 5.56 Å². The van der Waals surface area contributed by atoms with Gasteiger partial charge in [-0.3, -0.25) is 0 Å². The van der Waals surface area contributed by atoms with Crippen molar-refractivity contribution in [1.82, 2.24) is 10.2 Å². The van der Waals surface area contributed by atoms with Gasteiger partial charge in [0, 0.05) is 6.07 Å². The lowest BCUT2D eigenvalue weighted by molar-refractivity contribution is 0.240. The smallest absolute Gasteiger partial charge is 0.276 e. The summed E-state index contributed by atoms with van der Waals surface area (Å²) in [5, 5.41) is 8.51. The van der Waals surface area contributed by atoms with E-state index in [4.69, 9.17) is 14.2 Å². The van der Waals surface area contributed by atoms with Gasteiger partial charge in [0.2, 0.25) is 0 Å². The molecule has 0 saturated carbocycles. The molecule has 0 saturated heterocycles. The van der Waals surface area contributed by atoms with E-state index >= 15 is 0 Å². The zero-order chi connectivity index (χ0) is 21.3. The Kier molecular flexibility index (Phi) is 6.75. The van der Waals surface area contributed by atoms with Gasteiger partial charge in [-0.15, -0.1) is 10.2 Å². The van der Waals surface area contributed by atoms with Crippen LogP contribution in [0.2, 0.25) is 0 Å². The third-order valence-electron chi connectivity index (χ3n) is 4.64. The van der Waals surface area contributed by atoms with Crippen LogP contribution >= 0.6 is 0 Å². The SMILES string of the molecule is Cc1ccc(OCc2cc(OCc3ccccc3)c(OCc3ccccc3)nn2)cc1. The molecule has 156 valence electrons. The molecule has 4 aromatic rings. The number of hydrogen-bond acceptors (Lipinski definition) is 5. The molecule has 3 aromatic carbocycles. The number of rotatable bonds is 9. The van der Waals surface area contributed by atoms with Crippen LogP contribution in [-0.4, -0.2) is 10.2 Å². The minimum atomic E-state index is 0.288. The molecule has 0 radical (unpaired) electrons. The average molecular weight is 412 g/mol. The summed E-state index contributed by atoms with van der Waals surface area (Å²) < 4.78 is 17.8. The zero-order valence-electron chi connectivity index (χ0n) is 17.4. The third-order valence-corrected chi connectivity index (χ3v) is 4.64. The third kappa shape index (κ3) is 6.06. The van der Waals surface area contributed by atoms with Gasteiger partial charge in [0.05, 0.1) is 0 Å². The maximum Gasteiger partial charge on any atom is 0.276 e. The predicted molar refractivity (Wildman–Crippen MR) is 119 cm³/mol. The van der Waals surface area contributed by atoms with Crippen LogP contribution in [0, 0.1) is 6.92 Å². The average Bonchev–Trinajstić information content (AvgIpc) is 2.83. The Balaban J connectivity index is 1.48. The van der Waals surface area contributed by atoms with Crippen molar-refractivity contribution in [3.8, 4) is 17.4 Å². The summed E-state index contributed by atoms with van der Waals surface area (Å²) in [6.45, 7) is 3.12. The Bertz CT molecular complexity index is 1080. The Morgan fingerprint density at radius 2 is 1.23 bits per heavy atom. The van der Waals surface area contributed by atoms with E-state index < -0.39 is 0 Å². The first-order chi connectivity index (χ1) is 15.3. The maximum absolute atomic E-state index is 6.04.